The minimum absolute atomic E-state index is 0.810. The summed E-state index contributed by atoms with van der Waals surface area (Å²) in [6.07, 6.45) is 4.49. The van der Waals surface area contributed by atoms with Crippen molar-refractivity contribution in [3.8, 4) is 11.1 Å². The van der Waals surface area contributed by atoms with E-state index in [-0.39, 0.29) is 0 Å². The highest BCUT2D eigenvalue weighted by atomic mass is 14.8. The van der Waals surface area contributed by atoms with Gasteiger partial charge in [0.25, 0.3) is 0 Å². The molecule has 98 valence electrons. The van der Waals surface area contributed by atoms with Gasteiger partial charge in [0, 0.05) is 40.7 Å². The van der Waals surface area contributed by atoms with E-state index in [1.54, 1.807) is 0 Å². The average molecular weight is 269 g/mol. The van der Waals surface area contributed by atoms with Gasteiger partial charge >= 0.3 is 0 Å². The van der Waals surface area contributed by atoms with Crippen molar-refractivity contribution >= 4 is 21.8 Å². The first-order valence-electron chi connectivity index (χ1n) is 7.02. The second kappa shape index (κ2) is 3.85. The third-order valence-corrected chi connectivity index (χ3v) is 4.15. The van der Waals surface area contributed by atoms with E-state index in [4.69, 9.17) is 4.98 Å². The van der Waals surface area contributed by atoms with E-state index in [1.165, 1.54) is 11.1 Å². The Morgan fingerprint density at radius 3 is 2.57 bits per heavy atom. The maximum Gasteiger partial charge on any atom is 0.0968 e. The Labute approximate surface area is 121 Å². The molecule has 5 rings (SSSR count). The Hall–Kier alpha value is -2.81. The molecule has 0 radical (unpaired) electrons. The molecule has 0 atom stereocenters. The fourth-order valence-electron chi connectivity index (χ4n) is 3.16. The van der Waals surface area contributed by atoms with Crippen molar-refractivity contribution in [3.63, 3.8) is 0 Å². The molecule has 3 heteroatoms. The fourth-order valence-corrected chi connectivity index (χ4v) is 3.16. The van der Waals surface area contributed by atoms with Gasteiger partial charge in [-0.05, 0) is 18.2 Å². The molecule has 0 fully saturated rings. The van der Waals surface area contributed by atoms with Gasteiger partial charge in [-0.2, -0.15) is 0 Å². The Kier molecular flexibility index (Phi) is 2.00. The molecule has 21 heavy (non-hydrogen) atoms. The van der Waals surface area contributed by atoms with Crippen LogP contribution < -0.4 is 0 Å². The largest absolute Gasteiger partial charge is 0.260 e. The number of rotatable bonds is 0. The second-order valence-electron chi connectivity index (χ2n) is 5.37. The molecule has 0 amide bonds. The van der Waals surface area contributed by atoms with E-state index in [0.717, 1.165) is 39.6 Å². The zero-order valence-corrected chi connectivity index (χ0v) is 11.2. The SMILES string of the molecule is c1cnc2c(c1)-c1cc3ccc4cccnc4c3nc1C2. The van der Waals surface area contributed by atoms with Crippen molar-refractivity contribution in [1.29, 1.82) is 0 Å². The molecule has 0 unspecified atom stereocenters. The zero-order chi connectivity index (χ0) is 13.8. The highest BCUT2D eigenvalue weighted by Crippen LogP contribution is 2.37. The molecule has 0 saturated heterocycles. The van der Waals surface area contributed by atoms with Gasteiger partial charge in [0.2, 0.25) is 0 Å². The second-order valence-corrected chi connectivity index (χ2v) is 5.37. The minimum atomic E-state index is 0.810. The lowest BCUT2D eigenvalue weighted by molar-refractivity contribution is 1.08. The molecule has 0 aliphatic heterocycles. The van der Waals surface area contributed by atoms with Gasteiger partial charge in [-0.15, -0.1) is 0 Å². The van der Waals surface area contributed by atoms with Crippen molar-refractivity contribution in [1.82, 2.24) is 15.0 Å². The standard InChI is InChI=1S/C18H11N3/c1-3-11-5-6-12-9-14-13-4-2-7-19-15(13)10-16(14)21-18(12)17(11)20-8-1/h1-9H,10H2. The first-order valence-corrected chi connectivity index (χ1v) is 7.02. The highest BCUT2D eigenvalue weighted by Gasteiger charge is 2.21. The molecular weight excluding hydrogens is 258 g/mol. The van der Waals surface area contributed by atoms with E-state index in [0.29, 0.717) is 0 Å². The Balaban J connectivity index is 1.89. The van der Waals surface area contributed by atoms with Crippen LogP contribution in [-0.4, -0.2) is 15.0 Å². The lowest BCUT2D eigenvalue weighted by Gasteiger charge is -2.06. The van der Waals surface area contributed by atoms with Crippen molar-refractivity contribution in [2.75, 3.05) is 0 Å². The quantitative estimate of drug-likeness (QED) is 0.402. The summed E-state index contributed by atoms with van der Waals surface area (Å²) in [4.78, 5) is 13.9. The lowest BCUT2D eigenvalue weighted by Crippen LogP contribution is -1.91. The predicted octanol–water partition coefficient (Wildman–Crippen LogP) is 3.75. The van der Waals surface area contributed by atoms with Crippen molar-refractivity contribution in [3.05, 3.63) is 66.2 Å². The van der Waals surface area contributed by atoms with Crippen LogP contribution in [0.5, 0.6) is 0 Å². The number of fused-ring (bicyclic) bond motifs is 6. The molecule has 1 aromatic carbocycles. The molecule has 0 spiro atoms. The van der Waals surface area contributed by atoms with Crippen LogP contribution in [-0.2, 0) is 6.42 Å². The summed E-state index contributed by atoms with van der Waals surface area (Å²) in [6.45, 7) is 0. The van der Waals surface area contributed by atoms with E-state index in [1.807, 2.05) is 24.5 Å². The molecule has 0 bridgehead atoms. The highest BCUT2D eigenvalue weighted by molar-refractivity contribution is 6.04. The smallest absolute Gasteiger partial charge is 0.0968 e. The number of hydrogen-bond acceptors (Lipinski definition) is 3. The lowest BCUT2D eigenvalue weighted by atomic mass is 10.1. The summed E-state index contributed by atoms with van der Waals surface area (Å²) in [7, 11) is 0. The van der Waals surface area contributed by atoms with Crippen LogP contribution in [0.1, 0.15) is 11.4 Å². The molecule has 4 aromatic rings. The molecule has 3 aromatic heterocycles. The predicted molar refractivity (Wildman–Crippen MR) is 83.1 cm³/mol. The third kappa shape index (κ3) is 1.46. The first-order chi connectivity index (χ1) is 10.4. The zero-order valence-electron chi connectivity index (χ0n) is 11.2. The molecule has 3 heterocycles. The maximum atomic E-state index is 4.90. The summed E-state index contributed by atoms with van der Waals surface area (Å²) in [5.74, 6) is 0. The monoisotopic (exact) mass is 269 g/mol. The van der Waals surface area contributed by atoms with Crippen molar-refractivity contribution < 1.29 is 0 Å². The number of benzene rings is 1. The van der Waals surface area contributed by atoms with E-state index in [9.17, 15) is 0 Å². The molecule has 1 aliphatic carbocycles. The summed E-state index contributed by atoms with van der Waals surface area (Å²) < 4.78 is 0. The number of aromatic nitrogens is 3. The van der Waals surface area contributed by atoms with Crippen molar-refractivity contribution in [2.45, 2.75) is 6.42 Å². The van der Waals surface area contributed by atoms with E-state index >= 15 is 0 Å². The normalized spacial score (nSPS) is 12.6. The van der Waals surface area contributed by atoms with Crippen LogP contribution in [0.3, 0.4) is 0 Å². The van der Waals surface area contributed by atoms with Crippen LogP contribution in [0.2, 0.25) is 0 Å². The van der Waals surface area contributed by atoms with Gasteiger partial charge in [-0.1, -0.05) is 24.3 Å². The van der Waals surface area contributed by atoms with Crippen LogP contribution >= 0.6 is 0 Å². The third-order valence-electron chi connectivity index (χ3n) is 4.15. The van der Waals surface area contributed by atoms with Crippen LogP contribution in [0.25, 0.3) is 32.9 Å². The number of nitrogens with zero attached hydrogens (tertiary/aromatic N) is 3. The van der Waals surface area contributed by atoms with Gasteiger partial charge in [0.15, 0.2) is 0 Å². The summed E-state index contributed by atoms with van der Waals surface area (Å²) in [5.41, 5.74) is 6.60. The molecule has 0 saturated carbocycles. The van der Waals surface area contributed by atoms with E-state index in [2.05, 4.69) is 40.3 Å². The summed E-state index contributed by atoms with van der Waals surface area (Å²) in [5, 5.41) is 2.27. The number of pyridine rings is 3. The molecule has 0 N–H and O–H groups in total. The molecule has 3 nitrogen and oxygen atoms in total. The summed E-state index contributed by atoms with van der Waals surface area (Å²) in [6, 6.07) is 14.6. The molecule has 1 aliphatic rings. The van der Waals surface area contributed by atoms with Gasteiger partial charge < -0.3 is 0 Å². The Bertz CT molecular complexity index is 1020. The van der Waals surface area contributed by atoms with Crippen LogP contribution in [0.4, 0.5) is 0 Å². The molecular formula is C18H11N3. The maximum absolute atomic E-state index is 4.90. The van der Waals surface area contributed by atoms with Gasteiger partial charge in [0.1, 0.15) is 0 Å². The van der Waals surface area contributed by atoms with E-state index < -0.39 is 0 Å². The van der Waals surface area contributed by atoms with Crippen LogP contribution in [0, 0.1) is 0 Å². The Morgan fingerprint density at radius 1 is 0.714 bits per heavy atom. The van der Waals surface area contributed by atoms with Gasteiger partial charge in [0.05, 0.1) is 22.4 Å². The van der Waals surface area contributed by atoms with Crippen molar-refractivity contribution in [2.24, 2.45) is 0 Å². The summed E-state index contributed by atoms with van der Waals surface area (Å²) >= 11 is 0. The van der Waals surface area contributed by atoms with Crippen LogP contribution in [0.15, 0.2) is 54.9 Å². The Morgan fingerprint density at radius 2 is 1.57 bits per heavy atom. The fraction of sp³-hybridized carbons (Fsp3) is 0.0556. The number of hydrogen-bond donors (Lipinski definition) is 0. The van der Waals surface area contributed by atoms with Gasteiger partial charge in [-0.3, -0.25) is 9.97 Å². The minimum Gasteiger partial charge on any atom is -0.260 e. The first kappa shape index (κ1) is 10.9. The van der Waals surface area contributed by atoms with Gasteiger partial charge in [-0.25, -0.2) is 4.98 Å². The average Bonchev–Trinajstić information content (AvgIpc) is 2.90. The topological polar surface area (TPSA) is 38.7 Å².